The van der Waals surface area contributed by atoms with Gasteiger partial charge in [-0.15, -0.1) is 0 Å². The smallest absolute Gasteiger partial charge is 0.167 e. The molecular formula is C52H39N3O. The van der Waals surface area contributed by atoms with Gasteiger partial charge in [-0.1, -0.05) is 152 Å². The normalized spacial score (nSPS) is 18.4. The van der Waals surface area contributed by atoms with Crippen molar-refractivity contribution in [1.29, 1.82) is 0 Å². The lowest BCUT2D eigenvalue weighted by atomic mass is 9.66. The van der Waals surface area contributed by atoms with E-state index in [1.165, 1.54) is 39.0 Å². The molecule has 1 aromatic heterocycles. The number of nitrogens with zero attached hydrogens (tertiary/aromatic N) is 3. The summed E-state index contributed by atoms with van der Waals surface area (Å²) in [5.74, 6) is 3.84. The molecule has 0 amide bonds. The van der Waals surface area contributed by atoms with Gasteiger partial charge in [0, 0.05) is 22.6 Å². The minimum atomic E-state index is -0.572. The van der Waals surface area contributed by atoms with Gasteiger partial charge in [-0.3, -0.25) is 0 Å². The number of fused-ring (bicyclic) bond motifs is 9. The summed E-state index contributed by atoms with van der Waals surface area (Å²) in [6, 6.07) is 43.5. The van der Waals surface area contributed by atoms with Gasteiger partial charge in [-0.2, -0.15) is 0 Å². The summed E-state index contributed by atoms with van der Waals surface area (Å²) in [5, 5.41) is 0. The maximum atomic E-state index is 7.06. The zero-order chi connectivity index (χ0) is 37.1. The number of hydrogen-bond acceptors (Lipinski definition) is 4. The van der Waals surface area contributed by atoms with Crippen LogP contribution >= 0.6 is 0 Å². The second-order valence-electron chi connectivity index (χ2n) is 15.3. The number of para-hydroxylation sites is 2. The monoisotopic (exact) mass is 721 g/mol. The molecule has 0 N–H and O–H groups in total. The van der Waals surface area contributed by atoms with Crippen LogP contribution in [0.25, 0.3) is 33.7 Å². The van der Waals surface area contributed by atoms with Gasteiger partial charge in [0.15, 0.2) is 17.5 Å². The molecule has 0 radical (unpaired) electrons. The van der Waals surface area contributed by atoms with Crippen LogP contribution in [0, 0.1) is 0 Å². The van der Waals surface area contributed by atoms with E-state index in [0.717, 1.165) is 71.4 Å². The van der Waals surface area contributed by atoms with E-state index in [0.29, 0.717) is 17.5 Å². The highest BCUT2D eigenvalue weighted by atomic mass is 16.5. The van der Waals surface area contributed by atoms with E-state index in [2.05, 4.69) is 170 Å². The third-order valence-corrected chi connectivity index (χ3v) is 12.1. The Bertz CT molecular complexity index is 2720. The summed E-state index contributed by atoms with van der Waals surface area (Å²) in [4.78, 5) is 16.0. The van der Waals surface area contributed by atoms with Crippen LogP contribution in [0.1, 0.15) is 77.5 Å². The molecule has 0 bridgehead atoms. The van der Waals surface area contributed by atoms with Crippen LogP contribution in [0.3, 0.4) is 0 Å². The predicted molar refractivity (Wildman–Crippen MR) is 225 cm³/mol. The Kier molecular flexibility index (Phi) is 7.77. The van der Waals surface area contributed by atoms with E-state index in [1.54, 1.807) is 0 Å². The lowest BCUT2D eigenvalue weighted by molar-refractivity contribution is 0.437. The van der Waals surface area contributed by atoms with Crippen LogP contribution in [-0.4, -0.2) is 15.0 Å². The minimum absolute atomic E-state index is 0.199. The van der Waals surface area contributed by atoms with Gasteiger partial charge in [0.1, 0.15) is 11.5 Å². The van der Waals surface area contributed by atoms with Crippen molar-refractivity contribution >= 4 is 11.1 Å². The van der Waals surface area contributed by atoms with Crippen molar-refractivity contribution in [3.05, 3.63) is 221 Å². The van der Waals surface area contributed by atoms with Crippen molar-refractivity contribution < 1.29 is 4.74 Å². The molecule has 0 saturated heterocycles. The number of allylic oxidation sites excluding steroid dienone is 12. The first kappa shape index (κ1) is 32.8. The lowest BCUT2D eigenvalue weighted by Crippen LogP contribution is -2.32. The lowest BCUT2D eigenvalue weighted by Gasteiger charge is -2.39. The number of hydrogen-bond donors (Lipinski definition) is 0. The molecule has 268 valence electrons. The SMILES string of the molecule is C1=CCCC(C2=CC(c3nc(C4=CC=CCC4)nc(-c4cccc5c4Oc4ccccc4C54c5ccccc5-c5ccccc54)n3)=CC(c3ccccc3)C2)=C1. The summed E-state index contributed by atoms with van der Waals surface area (Å²) in [6.07, 6.45) is 22.8. The minimum Gasteiger partial charge on any atom is -0.456 e. The highest BCUT2D eigenvalue weighted by Gasteiger charge is 2.51. The van der Waals surface area contributed by atoms with Gasteiger partial charge in [-0.25, -0.2) is 15.0 Å². The summed E-state index contributed by atoms with van der Waals surface area (Å²) < 4.78 is 7.06. The zero-order valence-electron chi connectivity index (χ0n) is 31.0. The molecule has 4 nitrogen and oxygen atoms in total. The number of aromatic nitrogens is 3. The van der Waals surface area contributed by atoms with Crippen LogP contribution in [0.2, 0.25) is 0 Å². The molecule has 11 rings (SSSR count). The van der Waals surface area contributed by atoms with Gasteiger partial charge in [-0.05, 0) is 94.8 Å². The Labute approximate surface area is 327 Å². The Morgan fingerprint density at radius 2 is 1.12 bits per heavy atom. The van der Waals surface area contributed by atoms with Gasteiger partial charge >= 0.3 is 0 Å². The van der Waals surface area contributed by atoms with Crippen molar-refractivity contribution in [1.82, 2.24) is 15.0 Å². The molecule has 56 heavy (non-hydrogen) atoms. The van der Waals surface area contributed by atoms with Crippen molar-refractivity contribution in [2.75, 3.05) is 0 Å². The number of ether oxygens (including phenoxy) is 1. The fraction of sp³-hybridized carbons (Fsp3) is 0.135. The van der Waals surface area contributed by atoms with E-state index in [1.807, 2.05) is 0 Å². The Morgan fingerprint density at radius 3 is 1.86 bits per heavy atom. The second-order valence-corrected chi connectivity index (χ2v) is 15.3. The van der Waals surface area contributed by atoms with Gasteiger partial charge in [0.25, 0.3) is 0 Å². The molecule has 4 heteroatoms. The topological polar surface area (TPSA) is 47.9 Å². The van der Waals surface area contributed by atoms with Crippen molar-refractivity contribution in [2.45, 2.75) is 43.4 Å². The first-order valence-corrected chi connectivity index (χ1v) is 19.8. The molecular weight excluding hydrogens is 683 g/mol. The van der Waals surface area contributed by atoms with E-state index in [9.17, 15) is 0 Å². The average molecular weight is 722 g/mol. The van der Waals surface area contributed by atoms with Crippen molar-refractivity contribution in [2.24, 2.45) is 0 Å². The summed E-state index contributed by atoms with van der Waals surface area (Å²) >= 11 is 0. The van der Waals surface area contributed by atoms with Crippen molar-refractivity contribution in [3.63, 3.8) is 0 Å². The van der Waals surface area contributed by atoms with Crippen LogP contribution in [0.15, 0.2) is 181 Å². The molecule has 5 aliphatic rings. The summed E-state index contributed by atoms with van der Waals surface area (Å²) in [6.45, 7) is 0. The zero-order valence-corrected chi connectivity index (χ0v) is 31.0. The highest BCUT2D eigenvalue weighted by molar-refractivity contribution is 5.90. The third-order valence-electron chi connectivity index (χ3n) is 12.1. The van der Waals surface area contributed by atoms with Crippen LogP contribution in [0.5, 0.6) is 11.5 Å². The molecule has 1 aliphatic heterocycles. The van der Waals surface area contributed by atoms with E-state index in [4.69, 9.17) is 19.7 Å². The predicted octanol–water partition coefficient (Wildman–Crippen LogP) is 12.5. The summed E-state index contributed by atoms with van der Waals surface area (Å²) in [5.41, 5.74) is 13.7. The van der Waals surface area contributed by atoms with Gasteiger partial charge < -0.3 is 4.74 Å². The molecule has 0 fully saturated rings. The maximum absolute atomic E-state index is 7.06. The fourth-order valence-corrected chi connectivity index (χ4v) is 9.57. The van der Waals surface area contributed by atoms with Crippen molar-refractivity contribution in [3.8, 4) is 34.0 Å². The number of rotatable bonds is 5. The molecule has 2 heterocycles. The fourth-order valence-electron chi connectivity index (χ4n) is 9.57. The molecule has 5 aromatic carbocycles. The molecule has 0 saturated carbocycles. The molecule has 1 spiro atoms. The highest BCUT2D eigenvalue weighted by Crippen LogP contribution is 2.63. The Balaban J connectivity index is 1.14. The molecule has 1 unspecified atom stereocenters. The second kappa shape index (κ2) is 13.3. The molecule has 4 aliphatic carbocycles. The molecule has 1 atom stereocenters. The first-order chi connectivity index (χ1) is 27.8. The Morgan fingerprint density at radius 1 is 0.518 bits per heavy atom. The van der Waals surface area contributed by atoms with E-state index >= 15 is 0 Å². The van der Waals surface area contributed by atoms with Crippen LogP contribution < -0.4 is 4.74 Å². The number of benzene rings is 5. The molecule has 6 aromatic rings. The van der Waals surface area contributed by atoms with Crippen LogP contribution in [0.4, 0.5) is 0 Å². The van der Waals surface area contributed by atoms with E-state index in [-0.39, 0.29) is 5.92 Å². The summed E-state index contributed by atoms with van der Waals surface area (Å²) in [7, 11) is 0. The van der Waals surface area contributed by atoms with Gasteiger partial charge in [0.2, 0.25) is 0 Å². The van der Waals surface area contributed by atoms with Gasteiger partial charge in [0.05, 0.1) is 11.0 Å². The largest absolute Gasteiger partial charge is 0.456 e. The third kappa shape index (κ3) is 5.16. The van der Waals surface area contributed by atoms with Crippen LogP contribution in [-0.2, 0) is 5.41 Å². The standard InChI is InChI=1S/C52H39N3O/c1-4-17-34(18-5-1)37-31-38(35-19-6-2-7-20-35)33-39(32-37)50-53-49(36-21-8-3-9-22-36)54-51(55-50)42-25-16-29-46-48(42)56-47-30-15-14-28-45(47)52(46)43-26-12-10-23-40(43)41-24-11-13-27-44(41)52/h1-6,8,10-19,21,23-30,32-33,37H,7,9,20,22,31H2. The quantitative estimate of drug-likeness (QED) is 0.178. The Hall–Kier alpha value is -6.65. The van der Waals surface area contributed by atoms with E-state index < -0.39 is 5.41 Å². The first-order valence-electron chi connectivity index (χ1n) is 19.8. The average Bonchev–Trinajstić information content (AvgIpc) is 3.57. The maximum Gasteiger partial charge on any atom is 0.167 e.